The van der Waals surface area contributed by atoms with Crippen LogP contribution < -0.4 is 10.0 Å². The van der Waals surface area contributed by atoms with Crippen molar-refractivity contribution >= 4 is 21.6 Å². The predicted molar refractivity (Wildman–Crippen MR) is 132 cm³/mol. The zero-order valence-corrected chi connectivity index (χ0v) is 20.1. The normalized spacial score (nSPS) is 14.3. The molecule has 0 spiro atoms. The van der Waals surface area contributed by atoms with E-state index in [9.17, 15) is 13.2 Å². The van der Waals surface area contributed by atoms with Crippen LogP contribution in [0.15, 0.2) is 65.6 Å². The average molecular weight is 463 g/mol. The summed E-state index contributed by atoms with van der Waals surface area (Å²) in [4.78, 5) is 13.3. The Morgan fingerprint density at radius 2 is 1.61 bits per heavy atom. The lowest BCUT2D eigenvalue weighted by Crippen LogP contribution is -2.28. The third kappa shape index (κ3) is 5.11. The molecule has 1 aliphatic rings. The second-order valence-electron chi connectivity index (χ2n) is 8.83. The molecule has 33 heavy (non-hydrogen) atoms. The number of aryl methyl sites for hydroxylation is 3. The summed E-state index contributed by atoms with van der Waals surface area (Å²) < 4.78 is 28.3. The van der Waals surface area contributed by atoms with Gasteiger partial charge in [0, 0.05) is 5.56 Å². The topological polar surface area (TPSA) is 75.3 Å². The van der Waals surface area contributed by atoms with E-state index >= 15 is 0 Å². The molecule has 3 aromatic rings. The van der Waals surface area contributed by atoms with E-state index in [-0.39, 0.29) is 16.8 Å². The first kappa shape index (κ1) is 23.1. The third-order valence-electron chi connectivity index (χ3n) is 6.37. The van der Waals surface area contributed by atoms with Gasteiger partial charge in [-0.1, -0.05) is 42.0 Å². The van der Waals surface area contributed by atoms with Crippen molar-refractivity contribution in [3.8, 4) is 0 Å². The van der Waals surface area contributed by atoms with Crippen molar-refractivity contribution in [3.05, 3.63) is 94.0 Å². The molecule has 2 N–H and O–H groups in total. The molecule has 1 unspecified atom stereocenters. The molecule has 0 aliphatic heterocycles. The van der Waals surface area contributed by atoms with Crippen LogP contribution in [0.4, 0.5) is 5.69 Å². The number of carbonyl (C=O) groups excluding carboxylic acids is 1. The van der Waals surface area contributed by atoms with Crippen molar-refractivity contribution < 1.29 is 13.2 Å². The maximum absolute atomic E-state index is 13.1. The Balaban J connectivity index is 1.52. The molecule has 0 fully saturated rings. The summed E-state index contributed by atoms with van der Waals surface area (Å²) in [6.07, 6.45) is 4.66. The van der Waals surface area contributed by atoms with E-state index in [4.69, 9.17) is 0 Å². The number of anilines is 1. The van der Waals surface area contributed by atoms with E-state index in [0.29, 0.717) is 16.8 Å². The summed E-state index contributed by atoms with van der Waals surface area (Å²) in [7, 11) is -3.75. The maximum atomic E-state index is 13.1. The van der Waals surface area contributed by atoms with E-state index < -0.39 is 10.0 Å². The number of sulfonamides is 1. The number of nitrogens with one attached hydrogen (secondary N) is 2. The Labute approximate surface area is 196 Å². The molecule has 0 heterocycles. The van der Waals surface area contributed by atoms with E-state index in [0.717, 1.165) is 24.0 Å². The minimum absolute atomic E-state index is 0.156. The van der Waals surface area contributed by atoms with Gasteiger partial charge >= 0.3 is 0 Å². The van der Waals surface area contributed by atoms with Crippen molar-refractivity contribution in [1.29, 1.82) is 0 Å². The van der Waals surface area contributed by atoms with Gasteiger partial charge in [-0.25, -0.2) is 8.42 Å². The number of hydrogen-bond donors (Lipinski definition) is 2. The van der Waals surface area contributed by atoms with Gasteiger partial charge in [0.05, 0.1) is 16.6 Å². The summed E-state index contributed by atoms with van der Waals surface area (Å²) in [6.45, 7) is 5.63. The van der Waals surface area contributed by atoms with Crippen molar-refractivity contribution in [3.63, 3.8) is 0 Å². The van der Waals surface area contributed by atoms with Crippen LogP contribution in [0.2, 0.25) is 0 Å². The fourth-order valence-electron chi connectivity index (χ4n) is 4.29. The predicted octanol–water partition coefficient (Wildman–Crippen LogP) is 5.47. The second-order valence-corrected chi connectivity index (χ2v) is 10.5. The van der Waals surface area contributed by atoms with E-state index in [2.05, 4.69) is 28.2 Å². The monoisotopic (exact) mass is 462 g/mol. The Hall–Kier alpha value is -3.12. The van der Waals surface area contributed by atoms with Gasteiger partial charge in [-0.2, -0.15) is 0 Å². The summed E-state index contributed by atoms with van der Waals surface area (Å²) in [5.41, 5.74) is 6.28. The fourth-order valence-corrected chi connectivity index (χ4v) is 5.42. The van der Waals surface area contributed by atoms with Crippen LogP contribution in [-0.2, 0) is 22.9 Å². The van der Waals surface area contributed by atoms with Crippen molar-refractivity contribution in [2.24, 2.45) is 0 Å². The van der Waals surface area contributed by atoms with Crippen LogP contribution in [0, 0.1) is 13.8 Å². The first-order chi connectivity index (χ1) is 15.7. The Morgan fingerprint density at radius 3 is 2.33 bits per heavy atom. The molecule has 0 radical (unpaired) electrons. The number of carbonyl (C=O) groups is 1. The van der Waals surface area contributed by atoms with Crippen LogP contribution >= 0.6 is 0 Å². The smallest absolute Gasteiger partial charge is 0.261 e. The van der Waals surface area contributed by atoms with Crippen LogP contribution in [-0.4, -0.2) is 14.3 Å². The van der Waals surface area contributed by atoms with E-state index in [1.165, 1.54) is 24.0 Å². The molecule has 1 amide bonds. The molecule has 6 heteroatoms. The number of hydrogen-bond acceptors (Lipinski definition) is 3. The number of rotatable bonds is 6. The molecule has 0 aromatic heterocycles. The second kappa shape index (κ2) is 9.40. The maximum Gasteiger partial charge on any atom is 0.261 e. The Bertz CT molecular complexity index is 1280. The fraction of sp³-hybridized carbons (Fsp3) is 0.296. The molecule has 0 saturated heterocycles. The third-order valence-corrected chi connectivity index (χ3v) is 7.76. The minimum atomic E-state index is -3.75. The number of amides is 1. The van der Waals surface area contributed by atoms with Crippen molar-refractivity contribution in [2.75, 3.05) is 4.72 Å². The highest BCUT2D eigenvalue weighted by Crippen LogP contribution is 2.26. The van der Waals surface area contributed by atoms with Crippen molar-refractivity contribution in [2.45, 2.75) is 57.4 Å². The zero-order valence-electron chi connectivity index (χ0n) is 19.3. The van der Waals surface area contributed by atoms with Crippen molar-refractivity contribution in [1.82, 2.24) is 5.32 Å². The molecule has 172 valence electrons. The van der Waals surface area contributed by atoms with Crippen LogP contribution in [0.1, 0.15) is 64.0 Å². The van der Waals surface area contributed by atoms with E-state index in [1.54, 1.807) is 49.4 Å². The highest BCUT2D eigenvalue weighted by atomic mass is 32.2. The molecule has 3 aromatic carbocycles. The van der Waals surface area contributed by atoms with Gasteiger partial charge in [-0.3, -0.25) is 9.52 Å². The molecule has 5 nitrogen and oxygen atoms in total. The molecule has 0 bridgehead atoms. The number of fused-ring (bicyclic) bond motifs is 1. The van der Waals surface area contributed by atoms with Gasteiger partial charge in [0.25, 0.3) is 15.9 Å². The Kier molecular flexibility index (Phi) is 6.56. The summed E-state index contributed by atoms with van der Waals surface area (Å²) in [5, 5.41) is 3.07. The summed E-state index contributed by atoms with van der Waals surface area (Å²) >= 11 is 0. The standard InChI is InChI=1S/C27H30N2O3S/c1-18-11-15-24(16-12-18)33(31,32)29-26-10-6-9-25(19(26)2)27(30)28-20(3)22-14-13-21-7-4-5-8-23(21)17-22/h6,9-17,20,29H,4-5,7-8H2,1-3H3,(H,28,30). The van der Waals surface area contributed by atoms with Gasteiger partial charge < -0.3 is 5.32 Å². The van der Waals surface area contributed by atoms with Gasteiger partial charge in [-0.15, -0.1) is 0 Å². The lowest BCUT2D eigenvalue weighted by atomic mass is 9.89. The van der Waals surface area contributed by atoms with Gasteiger partial charge in [-0.05, 0) is 93.0 Å². The summed E-state index contributed by atoms with van der Waals surface area (Å²) in [5.74, 6) is -0.228. The number of benzene rings is 3. The lowest BCUT2D eigenvalue weighted by molar-refractivity contribution is 0.0939. The zero-order chi connectivity index (χ0) is 23.6. The summed E-state index contributed by atoms with van der Waals surface area (Å²) in [6, 6.07) is 18.1. The van der Waals surface area contributed by atoms with Crippen LogP contribution in [0.5, 0.6) is 0 Å². The van der Waals surface area contributed by atoms with Crippen LogP contribution in [0.25, 0.3) is 0 Å². The first-order valence-electron chi connectivity index (χ1n) is 11.4. The molecular formula is C27H30N2O3S. The molecule has 1 aliphatic carbocycles. The minimum Gasteiger partial charge on any atom is -0.346 e. The highest BCUT2D eigenvalue weighted by molar-refractivity contribution is 7.92. The molecule has 4 rings (SSSR count). The molecule has 1 atom stereocenters. The van der Waals surface area contributed by atoms with Gasteiger partial charge in [0.2, 0.25) is 0 Å². The molecular weight excluding hydrogens is 432 g/mol. The first-order valence-corrected chi connectivity index (χ1v) is 12.8. The quantitative estimate of drug-likeness (QED) is 0.510. The lowest BCUT2D eigenvalue weighted by Gasteiger charge is -2.21. The largest absolute Gasteiger partial charge is 0.346 e. The van der Waals surface area contributed by atoms with Gasteiger partial charge in [0.15, 0.2) is 0 Å². The SMILES string of the molecule is Cc1ccc(S(=O)(=O)Nc2cccc(C(=O)NC(C)c3ccc4c(c3)CCCC4)c2C)cc1. The molecule has 0 saturated carbocycles. The van der Waals surface area contributed by atoms with Crippen LogP contribution in [0.3, 0.4) is 0 Å². The average Bonchev–Trinajstić information content (AvgIpc) is 2.80. The Morgan fingerprint density at radius 1 is 0.909 bits per heavy atom. The van der Waals surface area contributed by atoms with E-state index in [1.807, 2.05) is 13.8 Å². The van der Waals surface area contributed by atoms with Gasteiger partial charge in [0.1, 0.15) is 0 Å². The highest BCUT2D eigenvalue weighted by Gasteiger charge is 2.20.